The molecule has 0 bridgehead atoms. The van der Waals surface area contributed by atoms with Crippen LogP contribution < -0.4 is 14.4 Å². The molecule has 3 aromatic rings. The number of aryl methyl sites for hydroxylation is 2. The molecule has 3 rings (SSSR count). The number of hydrogen-bond donors (Lipinski definition) is 1. The molecular formula is C26H30N2O4S. The van der Waals surface area contributed by atoms with Gasteiger partial charge in [0.25, 0.3) is 10.0 Å². The summed E-state index contributed by atoms with van der Waals surface area (Å²) < 4.78 is 33.6. The molecule has 0 heterocycles. The second kappa shape index (κ2) is 11.0. The minimum absolute atomic E-state index is 0.110. The number of carbonyl (C=O) groups excluding carboxylic acids is 1. The lowest BCUT2D eigenvalue weighted by atomic mass is 10.1. The van der Waals surface area contributed by atoms with E-state index in [4.69, 9.17) is 4.74 Å². The van der Waals surface area contributed by atoms with E-state index in [1.165, 1.54) is 24.8 Å². The lowest BCUT2D eigenvalue weighted by molar-refractivity contribution is -0.120. The number of benzene rings is 3. The number of amides is 1. The molecule has 0 aromatic heterocycles. The largest absolute Gasteiger partial charge is 0.495 e. The normalized spacial score (nSPS) is 12.1. The number of hydrogen-bond acceptors (Lipinski definition) is 4. The molecule has 0 aliphatic carbocycles. The van der Waals surface area contributed by atoms with Gasteiger partial charge in [-0.15, -0.1) is 0 Å². The van der Waals surface area contributed by atoms with Crippen LogP contribution in [0.4, 0.5) is 5.69 Å². The van der Waals surface area contributed by atoms with Crippen LogP contribution in [0.25, 0.3) is 0 Å². The molecule has 1 atom stereocenters. The van der Waals surface area contributed by atoms with Crippen LogP contribution in [0.5, 0.6) is 5.75 Å². The molecule has 1 amide bonds. The van der Waals surface area contributed by atoms with E-state index >= 15 is 0 Å². The van der Waals surface area contributed by atoms with Crippen molar-refractivity contribution in [2.75, 3.05) is 18.0 Å². The number of rotatable bonds is 10. The fourth-order valence-corrected chi connectivity index (χ4v) is 5.01. The molecule has 1 N–H and O–H groups in total. The van der Waals surface area contributed by atoms with Crippen molar-refractivity contribution in [2.45, 2.75) is 37.6 Å². The van der Waals surface area contributed by atoms with Crippen molar-refractivity contribution >= 4 is 21.6 Å². The summed E-state index contributed by atoms with van der Waals surface area (Å²) in [7, 11) is -2.52. The topological polar surface area (TPSA) is 75.7 Å². The molecule has 0 saturated carbocycles. The van der Waals surface area contributed by atoms with Crippen molar-refractivity contribution in [1.82, 2.24) is 5.32 Å². The molecule has 0 unspecified atom stereocenters. The molecular weight excluding hydrogens is 436 g/mol. The number of nitrogens with zero attached hydrogens (tertiary/aromatic N) is 1. The van der Waals surface area contributed by atoms with Crippen molar-refractivity contribution < 1.29 is 17.9 Å². The first-order chi connectivity index (χ1) is 15.8. The summed E-state index contributed by atoms with van der Waals surface area (Å²) in [4.78, 5) is 13.1. The Morgan fingerprint density at radius 3 is 2.27 bits per heavy atom. The molecule has 0 fully saturated rings. The van der Waals surface area contributed by atoms with E-state index < -0.39 is 10.0 Å². The van der Waals surface area contributed by atoms with Crippen LogP contribution >= 0.6 is 0 Å². The van der Waals surface area contributed by atoms with Crippen molar-refractivity contribution in [3.05, 3.63) is 90.0 Å². The zero-order valence-electron chi connectivity index (χ0n) is 19.2. The van der Waals surface area contributed by atoms with Gasteiger partial charge in [0.05, 0.1) is 17.7 Å². The standard InChI is InChI=1S/C26H30N2O4S/c1-20-14-17-25(32-3)24(18-20)28(33(30,31)23-12-8-5-9-13-23)19-26(29)27-21(2)15-16-22-10-6-4-7-11-22/h4-14,17-18,21H,15-16,19H2,1-3H3,(H,27,29)/t21-/m1/s1. The average Bonchev–Trinajstić information content (AvgIpc) is 2.82. The van der Waals surface area contributed by atoms with Crippen LogP contribution in [0.15, 0.2) is 83.8 Å². The number of ether oxygens (including phenoxy) is 1. The Balaban J connectivity index is 1.83. The summed E-state index contributed by atoms with van der Waals surface area (Å²) in [5.74, 6) is 0.00339. The van der Waals surface area contributed by atoms with Gasteiger partial charge in [0, 0.05) is 6.04 Å². The zero-order valence-corrected chi connectivity index (χ0v) is 20.0. The van der Waals surface area contributed by atoms with E-state index in [0.29, 0.717) is 11.4 Å². The van der Waals surface area contributed by atoms with Gasteiger partial charge in [-0.25, -0.2) is 8.42 Å². The van der Waals surface area contributed by atoms with Gasteiger partial charge < -0.3 is 10.1 Å². The molecule has 0 aliphatic rings. The van der Waals surface area contributed by atoms with Gasteiger partial charge in [0.1, 0.15) is 12.3 Å². The molecule has 0 spiro atoms. The smallest absolute Gasteiger partial charge is 0.264 e. The van der Waals surface area contributed by atoms with Gasteiger partial charge in [-0.1, -0.05) is 54.6 Å². The molecule has 174 valence electrons. The van der Waals surface area contributed by atoms with E-state index in [-0.39, 0.29) is 23.4 Å². The number of sulfonamides is 1. The third kappa shape index (κ3) is 6.35. The third-order valence-corrected chi connectivity index (χ3v) is 7.11. The van der Waals surface area contributed by atoms with Crippen molar-refractivity contribution in [3.8, 4) is 5.75 Å². The Bertz CT molecular complexity index is 1170. The highest BCUT2D eigenvalue weighted by molar-refractivity contribution is 7.92. The maximum absolute atomic E-state index is 13.5. The molecule has 0 radical (unpaired) electrons. The summed E-state index contributed by atoms with van der Waals surface area (Å²) in [6, 6.07) is 23.3. The Morgan fingerprint density at radius 2 is 1.64 bits per heavy atom. The summed E-state index contributed by atoms with van der Waals surface area (Å²) >= 11 is 0. The molecule has 7 heteroatoms. The van der Waals surface area contributed by atoms with Crippen LogP contribution in [-0.4, -0.2) is 34.0 Å². The average molecular weight is 467 g/mol. The Labute approximate surface area is 196 Å². The lowest BCUT2D eigenvalue weighted by Crippen LogP contribution is -2.43. The van der Waals surface area contributed by atoms with Crippen LogP contribution in [0, 0.1) is 6.92 Å². The van der Waals surface area contributed by atoms with Crippen LogP contribution in [0.2, 0.25) is 0 Å². The molecule has 0 aliphatic heterocycles. The molecule has 0 saturated heterocycles. The van der Waals surface area contributed by atoms with Gasteiger partial charge in [-0.3, -0.25) is 9.10 Å². The van der Waals surface area contributed by atoms with E-state index in [1.807, 2.05) is 50.2 Å². The van der Waals surface area contributed by atoms with Gasteiger partial charge >= 0.3 is 0 Å². The van der Waals surface area contributed by atoms with E-state index in [1.54, 1.807) is 30.3 Å². The highest BCUT2D eigenvalue weighted by atomic mass is 32.2. The lowest BCUT2D eigenvalue weighted by Gasteiger charge is -2.26. The van der Waals surface area contributed by atoms with Gasteiger partial charge in [-0.05, 0) is 62.1 Å². The SMILES string of the molecule is COc1ccc(C)cc1N(CC(=O)N[C@H](C)CCc1ccccc1)S(=O)(=O)c1ccccc1. The third-order valence-electron chi connectivity index (χ3n) is 5.34. The van der Waals surface area contributed by atoms with Gasteiger partial charge in [0.2, 0.25) is 5.91 Å². The second-order valence-electron chi connectivity index (χ2n) is 7.99. The molecule has 3 aromatic carbocycles. The van der Waals surface area contributed by atoms with E-state index in [9.17, 15) is 13.2 Å². The zero-order chi connectivity index (χ0) is 23.8. The van der Waals surface area contributed by atoms with Crippen LogP contribution in [0.1, 0.15) is 24.5 Å². The van der Waals surface area contributed by atoms with Crippen LogP contribution in [-0.2, 0) is 21.2 Å². The Hall–Kier alpha value is -3.32. The van der Waals surface area contributed by atoms with Crippen LogP contribution in [0.3, 0.4) is 0 Å². The van der Waals surface area contributed by atoms with E-state index in [2.05, 4.69) is 5.32 Å². The first-order valence-electron chi connectivity index (χ1n) is 10.9. The fraction of sp³-hybridized carbons (Fsp3) is 0.269. The molecule has 33 heavy (non-hydrogen) atoms. The number of anilines is 1. The maximum atomic E-state index is 13.5. The summed E-state index contributed by atoms with van der Waals surface area (Å²) in [6.45, 7) is 3.43. The molecule has 6 nitrogen and oxygen atoms in total. The van der Waals surface area contributed by atoms with Crippen molar-refractivity contribution in [1.29, 1.82) is 0 Å². The maximum Gasteiger partial charge on any atom is 0.264 e. The number of nitrogens with one attached hydrogen (secondary N) is 1. The highest BCUT2D eigenvalue weighted by Gasteiger charge is 2.29. The van der Waals surface area contributed by atoms with Gasteiger partial charge in [0.15, 0.2) is 0 Å². The first-order valence-corrected chi connectivity index (χ1v) is 12.3. The minimum atomic E-state index is -4.00. The summed E-state index contributed by atoms with van der Waals surface area (Å²) in [5.41, 5.74) is 2.38. The highest BCUT2D eigenvalue weighted by Crippen LogP contribution is 2.33. The quantitative estimate of drug-likeness (QED) is 0.482. The number of carbonyl (C=O) groups is 1. The summed E-state index contributed by atoms with van der Waals surface area (Å²) in [5, 5.41) is 2.94. The van der Waals surface area contributed by atoms with E-state index in [0.717, 1.165) is 22.7 Å². The van der Waals surface area contributed by atoms with Crippen molar-refractivity contribution in [3.63, 3.8) is 0 Å². The number of methoxy groups -OCH3 is 1. The van der Waals surface area contributed by atoms with Gasteiger partial charge in [-0.2, -0.15) is 0 Å². The Morgan fingerprint density at radius 1 is 1.00 bits per heavy atom. The van der Waals surface area contributed by atoms with Crippen molar-refractivity contribution in [2.24, 2.45) is 0 Å². The monoisotopic (exact) mass is 466 g/mol. The summed E-state index contributed by atoms with van der Waals surface area (Å²) in [6.07, 6.45) is 1.56. The minimum Gasteiger partial charge on any atom is -0.495 e. The predicted octanol–water partition coefficient (Wildman–Crippen LogP) is 4.34. The first kappa shape index (κ1) is 24.3. The second-order valence-corrected chi connectivity index (χ2v) is 9.86. The predicted molar refractivity (Wildman–Crippen MR) is 131 cm³/mol. The Kier molecular flexibility index (Phi) is 8.11. The fourth-order valence-electron chi connectivity index (χ4n) is 3.57.